The minimum absolute atomic E-state index is 0.000233. The first-order valence-corrected chi connectivity index (χ1v) is 9.05. The summed E-state index contributed by atoms with van der Waals surface area (Å²) in [6.07, 6.45) is 7.66. The molecule has 4 heterocycles. The van der Waals surface area contributed by atoms with Crippen LogP contribution in [0.1, 0.15) is 28.2 Å². The van der Waals surface area contributed by atoms with Crippen molar-refractivity contribution in [1.29, 1.82) is 0 Å². The lowest BCUT2D eigenvalue weighted by Crippen LogP contribution is -2.34. The fourth-order valence-electron chi connectivity index (χ4n) is 3.43. The van der Waals surface area contributed by atoms with Crippen LogP contribution in [0.25, 0.3) is 0 Å². The number of aromatic nitrogens is 4. The molecule has 0 spiro atoms. The van der Waals surface area contributed by atoms with E-state index in [4.69, 9.17) is 4.42 Å². The second-order valence-electron chi connectivity index (χ2n) is 6.73. The van der Waals surface area contributed by atoms with Gasteiger partial charge in [0.25, 0.3) is 5.91 Å². The first kappa shape index (κ1) is 17.3. The first-order valence-electron chi connectivity index (χ1n) is 9.05. The summed E-state index contributed by atoms with van der Waals surface area (Å²) in [5, 5.41) is 7.66. The molecule has 0 saturated heterocycles. The van der Waals surface area contributed by atoms with Crippen molar-refractivity contribution in [2.75, 3.05) is 18.4 Å². The molecule has 1 aliphatic rings. The Kier molecular flexibility index (Phi) is 4.86. The highest BCUT2D eigenvalue weighted by atomic mass is 16.3. The van der Waals surface area contributed by atoms with Crippen molar-refractivity contribution in [3.8, 4) is 0 Å². The lowest BCUT2D eigenvalue weighted by atomic mass is 10.0. The Labute approximate surface area is 157 Å². The van der Waals surface area contributed by atoms with E-state index in [0.29, 0.717) is 30.4 Å². The number of carbonyl (C=O) groups excluding carboxylic acids is 1. The maximum atomic E-state index is 13.0. The minimum Gasteiger partial charge on any atom is -0.469 e. The van der Waals surface area contributed by atoms with Gasteiger partial charge in [-0.05, 0) is 37.5 Å². The minimum atomic E-state index is 0.000233. The number of fused-ring (bicyclic) bond motifs is 1. The van der Waals surface area contributed by atoms with Crippen LogP contribution in [0.3, 0.4) is 0 Å². The SMILES string of the molecule is Cc1occc1C(=O)N1Cc2ccnn2CC(CCNc2ncccn2)C1. The summed E-state index contributed by atoms with van der Waals surface area (Å²) >= 11 is 0. The number of furan rings is 1. The van der Waals surface area contributed by atoms with Gasteiger partial charge in [-0.2, -0.15) is 5.10 Å². The average molecular weight is 366 g/mol. The number of hydrogen-bond acceptors (Lipinski definition) is 6. The van der Waals surface area contributed by atoms with Crippen molar-refractivity contribution >= 4 is 11.9 Å². The standard InChI is InChI=1S/C19H22N6O2/c1-14-17(5-10-27-14)18(26)24-11-15(12-25-16(13-24)4-9-23-25)3-8-22-19-20-6-2-7-21-19/h2,4-7,9-10,15H,3,8,11-13H2,1H3,(H,20,21,22). The Balaban J connectivity index is 1.47. The third-order valence-electron chi connectivity index (χ3n) is 4.85. The summed E-state index contributed by atoms with van der Waals surface area (Å²) < 4.78 is 7.31. The van der Waals surface area contributed by atoms with Crippen molar-refractivity contribution in [1.82, 2.24) is 24.6 Å². The van der Waals surface area contributed by atoms with Crippen LogP contribution in [0.15, 0.2) is 47.5 Å². The highest BCUT2D eigenvalue weighted by molar-refractivity contribution is 5.95. The quantitative estimate of drug-likeness (QED) is 0.746. The molecule has 140 valence electrons. The van der Waals surface area contributed by atoms with E-state index in [1.807, 2.05) is 22.6 Å². The van der Waals surface area contributed by atoms with E-state index in [1.54, 1.807) is 37.0 Å². The van der Waals surface area contributed by atoms with Gasteiger partial charge in [0.15, 0.2) is 0 Å². The van der Waals surface area contributed by atoms with E-state index in [1.165, 1.54) is 0 Å². The number of nitrogens with zero attached hydrogens (tertiary/aromatic N) is 5. The summed E-state index contributed by atoms with van der Waals surface area (Å²) in [5.41, 5.74) is 1.67. The Morgan fingerprint density at radius 3 is 2.89 bits per heavy atom. The van der Waals surface area contributed by atoms with Crippen LogP contribution in [0, 0.1) is 12.8 Å². The zero-order chi connectivity index (χ0) is 18.6. The van der Waals surface area contributed by atoms with Crippen molar-refractivity contribution in [2.45, 2.75) is 26.4 Å². The second-order valence-corrected chi connectivity index (χ2v) is 6.73. The molecular weight excluding hydrogens is 344 g/mol. The van der Waals surface area contributed by atoms with E-state index in [0.717, 1.165) is 25.2 Å². The molecule has 3 aromatic heterocycles. The number of aryl methyl sites for hydroxylation is 1. The van der Waals surface area contributed by atoms with Gasteiger partial charge < -0.3 is 14.6 Å². The Morgan fingerprint density at radius 1 is 1.26 bits per heavy atom. The first-order chi connectivity index (χ1) is 13.2. The van der Waals surface area contributed by atoms with Gasteiger partial charge in [0, 0.05) is 38.2 Å². The van der Waals surface area contributed by atoms with Crippen molar-refractivity contribution in [2.24, 2.45) is 5.92 Å². The molecule has 0 fully saturated rings. The number of carbonyl (C=O) groups is 1. The predicted molar refractivity (Wildman–Crippen MR) is 99.0 cm³/mol. The molecule has 0 bridgehead atoms. The molecule has 4 rings (SSSR count). The van der Waals surface area contributed by atoms with Crippen molar-refractivity contribution < 1.29 is 9.21 Å². The molecule has 1 unspecified atom stereocenters. The van der Waals surface area contributed by atoms with Gasteiger partial charge in [-0.25, -0.2) is 9.97 Å². The molecule has 27 heavy (non-hydrogen) atoms. The molecule has 8 heteroatoms. The van der Waals surface area contributed by atoms with Gasteiger partial charge in [0.1, 0.15) is 5.76 Å². The Morgan fingerprint density at radius 2 is 2.11 bits per heavy atom. The Bertz CT molecular complexity index is 904. The lowest BCUT2D eigenvalue weighted by molar-refractivity contribution is 0.0717. The van der Waals surface area contributed by atoms with Crippen LogP contribution in [-0.2, 0) is 13.1 Å². The molecule has 8 nitrogen and oxygen atoms in total. The number of hydrogen-bond donors (Lipinski definition) is 1. The van der Waals surface area contributed by atoms with Gasteiger partial charge in [-0.3, -0.25) is 9.48 Å². The van der Waals surface area contributed by atoms with Crippen molar-refractivity contribution in [3.63, 3.8) is 0 Å². The molecule has 0 radical (unpaired) electrons. The lowest BCUT2D eigenvalue weighted by Gasteiger charge is -2.24. The van der Waals surface area contributed by atoms with E-state index >= 15 is 0 Å². The van der Waals surface area contributed by atoms with Crippen LogP contribution >= 0.6 is 0 Å². The maximum absolute atomic E-state index is 13.0. The zero-order valence-corrected chi connectivity index (χ0v) is 15.2. The van der Waals surface area contributed by atoms with Gasteiger partial charge >= 0.3 is 0 Å². The van der Waals surface area contributed by atoms with E-state index in [-0.39, 0.29) is 11.8 Å². The van der Waals surface area contributed by atoms with Crippen LogP contribution in [-0.4, -0.2) is 43.6 Å². The van der Waals surface area contributed by atoms with Gasteiger partial charge in [0.2, 0.25) is 5.95 Å². The monoisotopic (exact) mass is 366 g/mol. The zero-order valence-electron chi connectivity index (χ0n) is 15.2. The summed E-state index contributed by atoms with van der Waals surface area (Å²) in [5.74, 6) is 1.55. The van der Waals surface area contributed by atoms with Gasteiger partial charge in [0.05, 0.1) is 24.1 Å². The fourth-order valence-corrected chi connectivity index (χ4v) is 3.43. The molecule has 0 aromatic carbocycles. The highest BCUT2D eigenvalue weighted by Gasteiger charge is 2.27. The molecule has 3 aromatic rings. The molecule has 0 aliphatic carbocycles. The summed E-state index contributed by atoms with van der Waals surface area (Å²) in [6, 6.07) is 5.50. The van der Waals surface area contributed by atoms with Crippen LogP contribution in [0.4, 0.5) is 5.95 Å². The normalized spacial score (nSPS) is 16.6. The number of nitrogens with one attached hydrogen (secondary N) is 1. The number of amides is 1. The third kappa shape index (κ3) is 3.84. The Hall–Kier alpha value is -3.16. The molecule has 0 saturated carbocycles. The number of anilines is 1. The van der Waals surface area contributed by atoms with Gasteiger partial charge in [-0.15, -0.1) is 0 Å². The van der Waals surface area contributed by atoms with Gasteiger partial charge in [-0.1, -0.05) is 0 Å². The average Bonchev–Trinajstić information content (AvgIpc) is 3.26. The molecule has 1 aliphatic heterocycles. The third-order valence-corrected chi connectivity index (χ3v) is 4.85. The van der Waals surface area contributed by atoms with E-state index < -0.39 is 0 Å². The second kappa shape index (κ2) is 7.61. The van der Waals surface area contributed by atoms with Crippen molar-refractivity contribution in [3.05, 3.63) is 60.1 Å². The highest BCUT2D eigenvalue weighted by Crippen LogP contribution is 2.21. The van der Waals surface area contributed by atoms with Crippen LogP contribution < -0.4 is 5.32 Å². The summed E-state index contributed by atoms with van der Waals surface area (Å²) in [4.78, 5) is 23.3. The molecular formula is C19H22N6O2. The summed E-state index contributed by atoms with van der Waals surface area (Å²) in [6.45, 7) is 4.56. The van der Waals surface area contributed by atoms with Crippen LogP contribution in [0.5, 0.6) is 0 Å². The molecule has 1 atom stereocenters. The van der Waals surface area contributed by atoms with Crippen LogP contribution in [0.2, 0.25) is 0 Å². The predicted octanol–water partition coefficient (Wildman–Crippen LogP) is 2.35. The summed E-state index contributed by atoms with van der Waals surface area (Å²) in [7, 11) is 0. The molecule has 1 amide bonds. The molecule has 1 N–H and O–H groups in total. The van der Waals surface area contributed by atoms with E-state index in [9.17, 15) is 4.79 Å². The fraction of sp³-hybridized carbons (Fsp3) is 0.368. The smallest absolute Gasteiger partial charge is 0.257 e. The number of rotatable bonds is 5. The topological polar surface area (TPSA) is 89.1 Å². The largest absolute Gasteiger partial charge is 0.469 e. The van der Waals surface area contributed by atoms with E-state index in [2.05, 4.69) is 20.4 Å². The maximum Gasteiger partial charge on any atom is 0.257 e.